The van der Waals surface area contributed by atoms with E-state index in [-0.39, 0.29) is 6.54 Å². The first-order valence-corrected chi connectivity index (χ1v) is 7.10. The van der Waals surface area contributed by atoms with E-state index in [2.05, 4.69) is 4.74 Å². The van der Waals surface area contributed by atoms with Crippen LogP contribution in [0.25, 0.3) is 10.8 Å². The van der Waals surface area contributed by atoms with Gasteiger partial charge in [0.05, 0.1) is 18.2 Å². The van der Waals surface area contributed by atoms with E-state index in [1.54, 1.807) is 12.1 Å². The summed E-state index contributed by atoms with van der Waals surface area (Å²) in [5.41, 5.74) is 1.65. The molecule has 1 heterocycles. The van der Waals surface area contributed by atoms with Crippen LogP contribution < -0.4 is 4.90 Å². The van der Waals surface area contributed by atoms with E-state index in [0.717, 1.165) is 21.4 Å². The van der Waals surface area contributed by atoms with Gasteiger partial charge < -0.3 is 9.64 Å². The van der Waals surface area contributed by atoms with Gasteiger partial charge in [0, 0.05) is 19.8 Å². The monoisotopic (exact) mass is 312 g/mol. The maximum absolute atomic E-state index is 12.4. The Morgan fingerprint density at radius 2 is 1.65 bits per heavy atom. The lowest BCUT2D eigenvalue weighted by molar-refractivity contribution is -0.140. The van der Waals surface area contributed by atoms with Gasteiger partial charge >= 0.3 is 5.97 Å². The molecule has 2 amide bonds. The normalized spacial score (nSPS) is 13.4. The number of benzene rings is 2. The minimum Gasteiger partial charge on any atom is -0.468 e. The molecule has 0 radical (unpaired) electrons. The summed E-state index contributed by atoms with van der Waals surface area (Å²) in [4.78, 5) is 39.0. The Balaban J connectivity index is 2.07. The molecule has 0 aromatic heterocycles. The molecule has 118 valence electrons. The number of nitrogens with zero attached hydrogens (tertiary/aromatic N) is 2. The van der Waals surface area contributed by atoms with Crippen molar-refractivity contribution in [2.75, 3.05) is 32.6 Å². The third-order valence-corrected chi connectivity index (χ3v) is 3.94. The Hall–Kier alpha value is -2.89. The molecule has 1 aliphatic heterocycles. The molecule has 0 saturated carbocycles. The number of methoxy groups -OCH3 is 1. The minimum absolute atomic E-state index is 0.322. The number of esters is 1. The number of fused-ring (bicyclic) bond motifs is 2. The number of hydrogen-bond donors (Lipinski definition) is 0. The number of anilines is 1. The summed E-state index contributed by atoms with van der Waals surface area (Å²) in [6.07, 6.45) is 0. The molecule has 2 aromatic carbocycles. The Labute approximate surface area is 133 Å². The van der Waals surface area contributed by atoms with Gasteiger partial charge in [0.15, 0.2) is 0 Å². The van der Waals surface area contributed by atoms with Crippen molar-refractivity contribution < 1.29 is 19.1 Å². The molecule has 23 heavy (non-hydrogen) atoms. The molecule has 0 atom stereocenters. The maximum atomic E-state index is 12.4. The van der Waals surface area contributed by atoms with Crippen molar-refractivity contribution in [2.45, 2.75) is 0 Å². The number of amides is 2. The van der Waals surface area contributed by atoms with Crippen molar-refractivity contribution in [3.05, 3.63) is 41.5 Å². The van der Waals surface area contributed by atoms with Crippen LogP contribution in [0, 0.1) is 0 Å². The summed E-state index contributed by atoms with van der Waals surface area (Å²) in [5, 5.41) is 1.74. The number of hydrogen-bond acceptors (Lipinski definition) is 5. The molecule has 0 unspecified atom stereocenters. The number of carbonyl (C=O) groups is 3. The van der Waals surface area contributed by atoms with Gasteiger partial charge in [0.25, 0.3) is 11.8 Å². The van der Waals surface area contributed by atoms with Crippen LogP contribution in [0.4, 0.5) is 5.69 Å². The lowest BCUT2D eigenvalue weighted by atomic mass is 10.0. The molecular weight excluding hydrogens is 296 g/mol. The standard InChI is InChI=1S/C17H16N2O4/c1-18(2)12-5-4-10-7-13-14(8-11(10)6-12)17(22)19(16(13)21)9-15(20)23-3/h4-8H,9H2,1-3H3. The van der Waals surface area contributed by atoms with E-state index >= 15 is 0 Å². The highest BCUT2D eigenvalue weighted by Gasteiger charge is 2.37. The average Bonchev–Trinajstić information content (AvgIpc) is 2.76. The van der Waals surface area contributed by atoms with Crippen LogP contribution in [0.2, 0.25) is 0 Å². The molecular formula is C17H16N2O4. The summed E-state index contributed by atoms with van der Waals surface area (Å²) < 4.78 is 4.54. The van der Waals surface area contributed by atoms with Gasteiger partial charge in [0.1, 0.15) is 6.54 Å². The molecule has 0 bridgehead atoms. The zero-order valence-corrected chi connectivity index (χ0v) is 13.1. The van der Waals surface area contributed by atoms with Crippen molar-refractivity contribution in [2.24, 2.45) is 0 Å². The first-order chi connectivity index (χ1) is 10.9. The predicted octanol–water partition coefficient (Wildman–Crippen LogP) is 1.67. The fraction of sp³-hybridized carbons (Fsp3) is 0.235. The molecule has 0 aliphatic carbocycles. The Kier molecular flexibility index (Phi) is 3.52. The van der Waals surface area contributed by atoms with E-state index in [1.807, 2.05) is 37.2 Å². The van der Waals surface area contributed by atoms with Gasteiger partial charge in [-0.1, -0.05) is 6.07 Å². The summed E-state index contributed by atoms with van der Waals surface area (Å²) in [6.45, 7) is -0.373. The fourth-order valence-electron chi connectivity index (χ4n) is 2.64. The molecule has 0 fully saturated rings. The van der Waals surface area contributed by atoms with Crippen LogP contribution >= 0.6 is 0 Å². The summed E-state index contributed by atoms with van der Waals surface area (Å²) in [6, 6.07) is 9.21. The van der Waals surface area contributed by atoms with Crippen molar-refractivity contribution in [1.29, 1.82) is 0 Å². The smallest absolute Gasteiger partial charge is 0.325 e. The van der Waals surface area contributed by atoms with Crippen LogP contribution in [0.15, 0.2) is 30.3 Å². The fourth-order valence-corrected chi connectivity index (χ4v) is 2.64. The van der Waals surface area contributed by atoms with Crippen molar-refractivity contribution in [1.82, 2.24) is 4.90 Å². The summed E-state index contributed by atoms with van der Waals surface area (Å²) in [7, 11) is 5.08. The summed E-state index contributed by atoms with van der Waals surface area (Å²) >= 11 is 0. The highest BCUT2D eigenvalue weighted by molar-refractivity contribution is 6.24. The number of rotatable bonds is 3. The Bertz CT molecular complexity index is 842. The lowest BCUT2D eigenvalue weighted by Gasteiger charge is -2.13. The quantitative estimate of drug-likeness (QED) is 0.637. The van der Waals surface area contributed by atoms with E-state index in [0.29, 0.717) is 11.1 Å². The highest BCUT2D eigenvalue weighted by atomic mass is 16.5. The number of carbonyl (C=O) groups excluding carboxylic acids is 3. The lowest BCUT2D eigenvalue weighted by Crippen LogP contribution is -2.35. The first kappa shape index (κ1) is 15.0. The van der Waals surface area contributed by atoms with Crippen molar-refractivity contribution in [3.8, 4) is 0 Å². The van der Waals surface area contributed by atoms with Gasteiger partial charge in [-0.05, 0) is 35.0 Å². The van der Waals surface area contributed by atoms with E-state index in [9.17, 15) is 14.4 Å². The first-order valence-electron chi connectivity index (χ1n) is 7.10. The molecule has 2 aromatic rings. The predicted molar refractivity (Wildman–Crippen MR) is 85.7 cm³/mol. The van der Waals surface area contributed by atoms with Gasteiger partial charge in [-0.2, -0.15) is 0 Å². The van der Waals surface area contributed by atoms with Crippen LogP contribution in [0.3, 0.4) is 0 Å². The van der Waals surface area contributed by atoms with Crippen molar-refractivity contribution in [3.63, 3.8) is 0 Å². The molecule has 0 saturated heterocycles. The zero-order valence-electron chi connectivity index (χ0n) is 13.1. The molecule has 6 nitrogen and oxygen atoms in total. The molecule has 0 N–H and O–H groups in total. The van der Waals surface area contributed by atoms with E-state index in [1.165, 1.54) is 7.11 Å². The number of ether oxygens (including phenoxy) is 1. The highest BCUT2D eigenvalue weighted by Crippen LogP contribution is 2.29. The van der Waals surface area contributed by atoms with Gasteiger partial charge in [-0.25, -0.2) is 0 Å². The van der Waals surface area contributed by atoms with E-state index < -0.39 is 17.8 Å². The summed E-state index contributed by atoms with van der Waals surface area (Å²) in [5.74, 6) is -1.56. The second-order valence-corrected chi connectivity index (χ2v) is 5.60. The second kappa shape index (κ2) is 5.39. The van der Waals surface area contributed by atoms with Gasteiger partial charge in [-0.15, -0.1) is 0 Å². The average molecular weight is 312 g/mol. The SMILES string of the molecule is COC(=O)CN1C(=O)c2cc3ccc(N(C)C)cc3cc2C1=O. The third-order valence-electron chi connectivity index (χ3n) is 3.94. The molecule has 6 heteroatoms. The molecule has 3 rings (SSSR count). The third kappa shape index (κ3) is 2.42. The van der Waals surface area contributed by atoms with Crippen LogP contribution in [0.1, 0.15) is 20.7 Å². The Morgan fingerprint density at radius 3 is 2.22 bits per heavy atom. The van der Waals surface area contributed by atoms with Crippen molar-refractivity contribution >= 4 is 34.2 Å². The van der Waals surface area contributed by atoms with E-state index in [4.69, 9.17) is 0 Å². The van der Waals surface area contributed by atoms with Crippen LogP contribution in [-0.2, 0) is 9.53 Å². The molecule has 1 aliphatic rings. The zero-order chi connectivity index (χ0) is 16.7. The van der Waals surface area contributed by atoms with Crippen LogP contribution in [0.5, 0.6) is 0 Å². The van der Waals surface area contributed by atoms with Gasteiger partial charge in [-0.3, -0.25) is 19.3 Å². The Morgan fingerprint density at radius 1 is 1.04 bits per heavy atom. The number of imide groups is 1. The largest absolute Gasteiger partial charge is 0.468 e. The van der Waals surface area contributed by atoms with Crippen LogP contribution in [-0.4, -0.2) is 50.4 Å². The molecule has 0 spiro atoms. The topological polar surface area (TPSA) is 66.9 Å². The van der Waals surface area contributed by atoms with Gasteiger partial charge in [0.2, 0.25) is 0 Å². The maximum Gasteiger partial charge on any atom is 0.325 e. The second-order valence-electron chi connectivity index (χ2n) is 5.60. The minimum atomic E-state index is -0.626.